The van der Waals surface area contributed by atoms with E-state index in [1.807, 2.05) is 0 Å². The van der Waals surface area contributed by atoms with Crippen LogP contribution in [0.2, 0.25) is 0 Å². The molecule has 1 aliphatic heterocycles. The summed E-state index contributed by atoms with van der Waals surface area (Å²) < 4.78 is 0. The van der Waals surface area contributed by atoms with E-state index in [9.17, 15) is 9.59 Å². The van der Waals surface area contributed by atoms with Gasteiger partial charge in [0.15, 0.2) is 0 Å². The molecule has 5 unspecified atom stereocenters. The van der Waals surface area contributed by atoms with Crippen LogP contribution in [0.25, 0.3) is 0 Å². The molecule has 5 atom stereocenters. The molecule has 2 amide bonds. The second-order valence-corrected chi connectivity index (χ2v) is 6.23. The van der Waals surface area contributed by atoms with E-state index in [0.717, 1.165) is 23.7 Å². The third-order valence-corrected chi connectivity index (χ3v) is 5.51. The van der Waals surface area contributed by atoms with Crippen molar-refractivity contribution in [2.24, 2.45) is 23.7 Å². The lowest BCUT2D eigenvalue weighted by molar-refractivity contribution is -0.137. The Morgan fingerprint density at radius 3 is 2.35 bits per heavy atom. The number of likely N-dealkylation sites (N-methyl/N-ethyl adjacent to an activating group) is 1. The fourth-order valence-electron chi connectivity index (χ4n) is 4.67. The Kier molecular flexibility index (Phi) is 1.84. The standard InChI is InChI=1S/C13H18N2O2/c1-15-9(16)5-8(13(15)17)14-12-10-6-2-3-7(4-6)11(10)12/h6-8,10-12,14H,2-5H2,1H3. The summed E-state index contributed by atoms with van der Waals surface area (Å²) in [5, 5.41) is 3.45. The summed E-state index contributed by atoms with van der Waals surface area (Å²) in [7, 11) is 1.59. The summed E-state index contributed by atoms with van der Waals surface area (Å²) in [4.78, 5) is 24.5. The highest BCUT2D eigenvalue weighted by Crippen LogP contribution is 2.65. The Hall–Kier alpha value is -0.900. The average Bonchev–Trinajstić information content (AvgIpc) is 2.64. The SMILES string of the molecule is CN1C(=O)CC(NC2C3C4CCC(C4)C23)C1=O. The van der Waals surface area contributed by atoms with Gasteiger partial charge in [-0.05, 0) is 42.9 Å². The van der Waals surface area contributed by atoms with Crippen molar-refractivity contribution in [2.45, 2.75) is 37.8 Å². The van der Waals surface area contributed by atoms with Crippen LogP contribution < -0.4 is 5.32 Å². The largest absolute Gasteiger partial charge is 0.302 e. The van der Waals surface area contributed by atoms with E-state index in [0.29, 0.717) is 12.5 Å². The third-order valence-electron chi connectivity index (χ3n) is 5.51. The molecule has 0 aromatic heterocycles. The number of rotatable bonds is 2. The predicted octanol–water partition coefficient (Wildman–Crippen LogP) is 0.378. The highest BCUT2D eigenvalue weighted by atomic mass is 16.2. The van der Waals surface area contributed by atoms with Crippen LogP contribution in [0, 0.1) is 23.7 Å². The molecule has 4 aliphatic rings. The number of carbonyl (C=O) groups is 2. The number of amides is 2. The van der Waals surface area contributed by atoms with E-state index in [4.69, 9.17) is 0 Å². The summed E-state index contributed by atoms with van der Waals surface area (Å²) in [6.07, 6.45) is 4.56. The maximum atomic E-state index is 11.8. The number of nitrogens with one attached hydrogen (secondary N) is 1. The monoisotopic (exact) mass is 234 g/mol. The van der Waals surface area contributed by atoms with Crippen LogP contribution in [0.3, 0.4) is 0 Å². The smallest absolute Gasteiger partial charge is 0.246 e. The molecule has 0 aromatic carbocycles. The van der Waals surface area contributed by atoms with Crippen molar-refractivity contribution in [3.63, 3.8) is 0 Å². The number of imide groups is 1. The number of likely N-dealkylation sites (tertiary alicyclic amines) is 1. The van der Waals surface area contributed by atoms with Crippen molar-refractivity contribution in [1.82, 2.24) is 10.2 Å². The lowest BCUT2D eigenvalue weighted by atomic mass is 10.0. The van der Waals surface area contributed by atoms with Crippen molar-refractivity contribution >= 4 is 11.8 Å². The Balaban J connectivity index is 1.44. The summed E-state index contributed by atoms with van der Waals surface area (Å²) in [6, 6.07) is 0.303. The van der Waals surface area contributed by atoms with Crippen molar-refractivity contribution in [1.29, 1.82) is 0 Å². The van der Waals surface area contributed by atoms with Crippen LogP contribution in [-0.4, -0.2) is 35.8 Å². The van der Waals surface area contributed by atoms with Gasteiger partial charge in [0.25, 0.3) is 0 Å². The molecule has 1 N–H and O–H groups in total. The minimum Gasteiger partial charge on any atom is -0.302 e. The van der Waals surface area contributed by atoms with Crippen molar-refractivity contribution in [3.8, 4) is 0 Å². The fourth-order valence-corrected chi connectivity index (χ4v) is 4.67. The highest BCUT2D eigenvalue weighted by molar-refractivity contribution is 6.05. The van der Waals surface area contributed by atoms with Crippen molar-refractivity contribution in [3.05, 3.63) is 0 Å². The van der Waals surface area contributed by atoms with E-state index in [2.05, 4.69) is 5.32 Å². The van der Waals surface area contributed by atoms with E-state index in [1.165, 1.54) is 24.2 Å². The zero-order valence-corrected chi connectivity index (χ0v) is 10.1. The van der Waals surface area contributed by atoms with Gasteiger partial charge >= 0.3 is 0 Å². The summed E-state index contributed by atoms with van der Waals surface area (Å²) >= 11 is 0. The van der Waals surface area contributed by atoms with E-state index < -0.39 is 0 Å². The molecule has 3 saturated carbocycles. The Labute approximate surface area is 101 Å². The molecule has 4 fully saturated rings. The molecule has 4 nitrogen and oxygen atoms in total. The Morgan fingerprint density at radius 1 is 1.18 bits per heavy atom. The topological polar surface area (TPSA) is 49.4 Å². The lowest BCUT2D eigenvalue weighted by Gasteiger charge is -2.14. The van der Waals surface area contributed by atoms with Crippen molar-refractivity contribution in [2.75, 3.05) is 7.05 Å². The maximum Gasteiger partial charge on any atom is 0.246 e. The first-order chi connectivity index (χ1) is 8.16. The Bertz CT molecular complexity index is 392. The second-order valence-electron chi connectivity index (χ2n) is 6.23. The van der Waals surface area contributed by atoms with Crippen LogP contribution >= 0.6 is 0 Å². The minimum absolute atomic E-state index is 0.0349. The molecule has 17 heavy (non-hydrogen) atoms. The van der Waals surface area contributed by atoms with Gasteiger partial charge in [0, 0.05) is 13.1 Å². The minimum atomic E-state index is -0.234. The molecule has 2 bridgehead atoms. The van der Waals surface area contributed by atoms with Gasteiger partial charge in [0.2, 0.25) is 11.8 Å². The van der Waals surface area contributed by atoms with E-state index >= 15 is 0 Å². The molecule has 3 aliphatic carbocycles. The van der Waals surface area contributed by atoms with E-state index in [1.54, 1.807) is 7.05 Å². The molecule has 92 valence electrons. The van der Waals surface area contributed by atoms with Crippen LogP contribution in [0.4, 0.5) is 0 Å². The average molecular weight is 234 g/mol. The van der Waals surface area contributed by atoms with Gasteiger partial charge in [-0.1, -0.05) is 0 Å². The van der Waals surface area contributed by atoms with Crippen LogP contribution in [0.5, 0.6) is 0 Å². The summed E-state index contributed by atoms with van der Waals surface area (Å²) in [6.45, 7) is 0. The van der Waals surface area contributed by atoms with Gasteiger partial charge in [-0.3, -0.25) is 14.5 Å². The number of carbonyl (C=O) groups excluding carboxylic acids is 2. The maximum absolute atomic E-state index is 11.8. The van der Waals surface area contributed by atoms with Crippen LogP contribution in [0.1, 0.15) is 25.7 Å². The summed E-state index contributed by atoms with van der Waals surface area (Å²) in [5.74, 6) is 3.39. The molecule has 1 saturated heterocycles. The first kappa shape index (κ1) is 10.1. The normalized spacial score (nSPS) is 51.2. The van der Waals surface area contributed by atoms with Crippen LogP contribution in [0.15, 0.2) is 0 Å². The fraction of sp³-hybridized carbons (Fsp3) is 0.846. The summed E-state index contributed by atoms with van der Waals surface area (Å²) in [5.41, 5.74) is 0. The first-order valence-electron chi connectivity index (χ1n) is 6.73. The zero-order chi connectivity index (χ0) is 11.7. The molecule has 4 rings (SSSR count). The molecule has 0 spiro atoms. The van der Waals surface area contributed by atoms with Gasteiger partial charge in [0.05, 0.1) is 12.5 Å². The number of nitrogens with zero attached hydrogens (tertiary/aromatic N) is 1. The van der Waals surface area contributed by atoms with Gasteiger partial charge in [-0.2, -0.15) is 0 Å². The Morgan fingerprint density at radius 2 is 1.82 bits per heavy atom. The molecule has 4 heteroatoms. The number of hydrogen-bond donors (Lipinski definition) is 1. The molecular weight excluding hydrogens is 216 g/mol. The van der Waals surface area contributed by atoms with Gasteiger partial charge in [0.1, 0.15) is 0 Å². The van der Waals surface area contributed by atoms with Crippen molar-refractivity contribution < 1.29 is 9.59 Å². The van der Waals surface area contributed by atoms with Crippen LogP contribution in [-0.2, 0) is 9.59 Å². The van der Waals surface area contributed by atoms with Gasteiger partial charge in [-0.15, -0.1) is 0 Å². The highest BCUT2D eigenvalue weighted by Gasteiger charge is 2.65. The molecule has 1 heterocycles. The number of hydrogen-bond acceptors (Lipinski definition) is 3. The molecule has 0 aromatic rings. The van der Waals surface area contributed by atoms with E-state index in [-0.39, 0.29) is 17.9 Å². The predicted molar refractivity (Wildman–Crippen MR) is 60.9 cm³/mol. The van der Waals surface area contributed by atoms with Gasteiger partial charge < -0.3 is 5.32 Å². The van der Waals surface area contributed by atoms with Gasteiger partial charge in [-0.25, -0.2) is 0 Å². The number of fused-ring (bicyclic) bond motifs is 5. The molecule has 0 radical (unpaired) electrons. The molecular formula is C13H18N2O2. The third kappa shape index (κ3) is 1.22. The second kappa shape index (κ2) is 3.10. The first-order valence-corrected chi connectivity index (χ1v) is 6.73. The lowest BCUT2D eigenvalue weighted by Crippen LogP contribution is -2.40. The zero-order valence-electron chi connectivity index (χ0n) is 10.1. The quantitative estimate of drug-likeness (QED) is 0.703.